The summed E-state index contributed by atoms with van der Waals surface area (Å²) in [6, 6.07) is 0.972. The minimum absolute atomic E-state index is 0.00281. The first-order valence-corrected chi connectivity index (χ1v) is 6.31. The van der Waals surface area contributed by atoms with E-state index in [1.165, 1.54) is 0 Å². The van der Waals surface area contributed by atoms with E-state index in [4.69, 9.17) is 5.11 Å². The van der Waals surface area contributed by atoms with E-state index in [0.717, 1.165) is 6.07 Å². The molecule has 8 nitrogen and oxygen atoms in total. The van der Waals surface area contributed by atoms with Crippen LogP contribution in [-0.2, 0) is 9.84 Å². The maximum atomic E-state index is 11.4. The Bertz CT molecular complexity index is 573. The Morgan fingerprint density at radius 2 is 2.12 bits per heavy atom. The summed E-state index contributed by atoms with van der Waals surface area (Å²) < 4.78 is 23.0. The molecule has 1 fully saturated rings. The van der Waals surface area contributed by atoms with Gasteiger partial charge in [0.2, 0.25) is 11.8 Å². The molecular weight excluding hydrogens is 254 g/mol. The van der Waals surface area contributed by atoms with Gasteiger partial charge < -0.3 is 15.3 Å². The minimum atomic E-state index is -3.32. The minimum Gasteiger partial charge on any atom is -0.492 e. The molecule has 1 aromatic heterocycles. The maximum absolute atomic E-state index is 11.4. The van der Waals surface area contributed by atoms with Crippen LogP contribution in [0.3, 0.4) is 0 Å². The first-order chi connectivity index (χ1) is 7.83. The Morgan fingerprint density at radius 1 is 1.47 bits per heavy atom. The molecule has 17 heavy (non-hydrogen) atoms. The van der Waals surface area contributed by atoms with Crippen molar-refractivity contribution in [2.45, 2.75) is 11.7 Å². The van der Waals surface area contributed by atoms with Crippen LogP contribution < -0.4 is 4.84 Å². The van der Waals surface area contributed by atoms with Crippen LogP contribution in [-0.4, -0.2) is 40.4 Å². The second kappa shape index (κ2) is 3.55. The van der Waals surface area contributed by atoms with Crippen molar-refractivity contribution >= 4 is 16.0 Å². The van der Waals surface area contributed by atoms with Crippen molar-refractivity contribution < 1.29 is 33.4 Å². The van der Waals surface area contributed by atoms with Gasteiger partial charge in [0.1, 0.15) is 0 Å². The number of aromatic nitrogens is 1. The fraction of sp³-hybridized carbons (Fsp3) is 0.375. The number of rotatable bonds is 2. The molecule has 0 amide bonds. The summed E-state index contributed by atoms with van der Waals surface area (Å²) in [5.41, 5.74) is -0.0602. The number of hydrogen-bond acceptors (Lipinski definition) is 6. The van der Waals surface area contributed by atoms with Gasteiger partial charge in [-0.25, -0.2) is 13.2 Å². The van der Waals surface area contributed by atoms with E-state index in [1.54, 1.807) is 0 Å². The van der Waals surface area contributed by atoms with Crippen LogP contribution in [0.5, 0.6) is 11.8 Å². The molecule has 9 heteroatoms. The van der Waals surface area contributed by atoms with Crippen molar-refractivity contribution in [1.29, 1.82) is 0 Å². The molecule has 94 valence electrons. The first kappa shape index (κ1) is 11.6. The summed E-state index contributed by atoms with van der Waals surface area (Å²) in [5.74, 6) is -1.40. The van der Waals surface area contributed by atoms with Gasteiger partial charge in [0, 0.05) is 11.6 Å². The molecule has 2 rings (SSSR count). The highest BCUT2D eigenvalue weighted by Crippen LogP contribution is 2.42. The third-order valence-corrected chi connectivity index (χ3v) is 4.72. The third-order valence-electron chi connectivity index (χ3n) is 2.56. The van der Waals surface area contributed by atoms with Gasteiger partial charge in [-0.05, 0) is 6.42 Å². The fourth-order valence-electron chi connectivity index (χ4n) is 1.67. The molecule has 1 aliphatic rings. The third kappa shape index (κ3) is 1.78. The van der Waals surface area contributed by atoms with Crippen molar-refractivity contribution in [2.24, 2.45) is 0 Å². The lowest BCUT2D eigenvalue weighted by atomic mass is 10.2. The average Bonchev–Trinajstić information content (AvgIpc) is 2.44. The quantitative estimate of drug-likeness (QED) is 0.678. The van der Waals surface area contributed by atoms with Crippen LogP contribution >= 0.6 is 0 Å². The van der Waals surface area contributed by atoms with Crippen molar-refractivity contribution in [3.8, 4) is 11.8 Å². The molecule has 1 saturated heterocycles. The largest absolute Gasteiger partial charge is 0.531 e. The van der Waals surface area contributed by atoms with Gasteiger partial charge in [-0.3, -0.25) is 4.84 Å². The second-order valence-electron chi connectivity index (χ2n) is 3.58. The van der Waals surface area contributed by atoms with Crippen LogP contribution in [0, 0.1) is 0 Å². The summed E-state index contributed by atoms with van der Waals surface area (Å²) in [6.45, 7) is 0. The molecule has 1 aromatic rings. The standard InChI is InChI=1S/C8H9NO7S/c10-6-3-4(5-1-2-17(5,14)15)7(11)9(6)16-8(12)13/h3,5,10-11H,1-2H2,(H,12,13). The van der Waals surface area contributed by atoms with Gasteiger partial charge in [-0.1, -0.05) is 0 Å². The molecule has 1 aliphatic heterocycles. The molecule has 3 N–H and O–H groups in total. The van der Waals surface area contributed by atoms with Crippen LogP contribution in [0.15, 0.2) is 6.07 Å². The number of nitrogens with zero attached hydrogens (tertiary/aromatic N) is 1. The lowest BCUT2D eigenvalue weighted by Gasteiger charge is -2.25. The summed E-state index contributed by atoms with van der Waals surface area (Å²) in [5, 5.41) is 26.3. The molecule has 2 heterocycles. The highest BCUT2D eigenvalue weighted by Gasteiger charge is 2.40. The SMILES string of the molecule is O=C(O)On1c(O)cc(C2CCS2(=O)=O)c1O. The van der Waals surface area contributed by atoms with Crippen molar-refractivity contribution in [2.75, 3.05) is 5.75 Å². The smallest absolute Gasteiger partial charge is 0.492 e. The Kier molecular flexibility index (Phi) is 2.42. The highest BCUT2D eigenvalue weighted by molar-refractivity contribution is 7.93. The van der Waals surface area contributed by atoms with Crippen molar-refractivity contribution in [3.63, 3.8) is 0 Å². The summed E-state index contributed by atoms with van der Waals surface area (Å²) in [6.07, 6.45) is -1.43. The molecule has 0 aromatic carbocycles. The van der Waals surface area contributed by atoms with Gasteiger partial charge in [-0.15, -0.1) is 4.73 Å². The fourth-order valence-corrected chi connectivity index (χ4v) is 3.09. The van der Waals surface area contributed by atoms with E-state index >= 15 is 0 Å². The van der Waals surface area contributed by atoms with E-state index in [2.05, 4.69) is 4.84 Å². The topological polar surface area (TPSA) is 126 Å². The number of sulfone groups is 1. The summed E-state index contributed by atoms with van der Waals surface area (Å²) >= 11 is 0. The van der Waals surface area contributed by atoms with Gasteiger partial charge in [0.15, 0.2) is 9.84 Å². The van der Waals surface area contributed by atoms with E-state index in [0.29, 0.717) is 6.42 Å². The molecule has 0 bridgehead atoms. The average molecular weight is 263 g/mol. The number of aromatic hydroxyl groups is 2. The zero-order chi connectivity index (χ0) is 12.8. The second-order valence-corrected chi connectivity index (χ2v) is 5.88. The first-order valence-electron chi connectivity index (χ1n) is 4.59. The van der Waals surface area contributed by atoms with Crippen LogP contribution in [0.2, 0.25) is 0 Å². The molecule has 1 unspecified atom stereocenters. The molecular formula is C8H9NO7S. The van der Waals surface area contributed by atoms with Crippen molar-refractivity contribution in [3.05, 3.63) is 11.6 Å². The van der Waals surface area contributed by atoms with E-state index in [1.807, 2.05) is 0 Å². The number of hydrogen-bond donors (Lipinski definition) is 3. The molecule has 0 spiro atoms. The van der Waals surface area contributed by atoms with Gasteiger partial charge in [-0.2, -0.15) is 0 Å². The molecule has 1 atom stereocenters. The molecule has 0 aliphatic carbocycles. The lowest BCUT2D eigenvalue weighted by Crippen LogP contribution is -2.28. The summed E-state index contributed by atoms with van der Waals surface area (Å²) in [4.78, 5) is 14.4. The number of carbonyl (C=O) groups is 1. The Hall–Kier alpha value is -1.90. The van der Waals surface area contributed by atoms with E-state index in [-0.39, 0.29) is 16.0 Å². The highest BCUT2D eigenvalue weighted by atomic mass is 32.2. The Balaban J connectivity index is 2.41. The predicted octanol–water partition coefficient (Wildman–Crippen LogP) is -0.135. The summed E-state index contributed by atoms with van der Waals surface area (Å²) in [7, 11) is -3.32. The van der Waals surface area contributed by atoms with E-state index < -0.39 is 33.0 Å². The zero-order valence-electron chi connectivity index (χ0n) is 8.40. The van der Waals surface area contributed by atoms with Crippen LogP contribution in [0.1, 0.15) is 17.2 Å². The predicted molar refractivity (Wildman–Crippen MR) is 53.5 cm³/mol. The van der Waals surface area contributed by atoms with Crippen LogP contribution in [0.4, 0.5) is 4.79 Å². The van der Waals surface area contributed by atoms with Gasteiger partial charge >= 0.3 is 6.16 Å². The molecule has 0 radical (unpaired) electrons. The Morgan fingerprint density at radius 3 is 2.53 bits per heavy atom. The van der Waals surface area contributed by atoms with Gasteiger partial charge in [0.05, 0.1) is 11.0 Å². The monoisotopic (exact) mass is 263 g/mol. The Labute approximate surface area is 95.5 Å². The molecule has 0 saturated carbocycles. The van der Waals surface area contributed by atoms with Crippen LogP contribution in [0.25, 0.3) is 0 Å². The van der Waals surface area contributed by atoms with Gasteiger partial charge in [0.25, 0.3) is 0 Å². The lowest BCUT2D eigenvalue weighted by molar-refractivity contribution is 0.0642. The number of carboxylic acid groups (broad SMARTS) is 1. The van der Waals surface area contributed by atoms with E-state index in [9.17, 15) is 23.4 Å². The maximum Gasteiger partial charge on any atom is 0.531 e. The zero-order valence-corrected chi connectivity index (χ0v) is 9.22. The normalized spacial score (nSPS) is 21.8. The van der Waals surface area contributed by atoms with Crippen molar-refractivity contribution in [1.82, 2.24) is 4.73 Å².